The van der Waals surface area contributed by atoms with Gasteiger partial charge in [0.2, 0.25) is 0 Å². The van der Waals surface area contributed by atoms with Crippen LogP contribution in [0.1, 0.15) is 11.7 Å². The van der Waals surface area contributed by atoms with Gasteiger partial charge in [0.15, 0.2) is 0 Å². The standard InChI is InChI=1S/C8H7NO/c1-2-8(10)7-4-3-5-9-6-7/h1,3-6,8,10H/t8-/m0/s1. The fourth-order valence-electron chi connectivity index (χ4n) is 0.634. The monoisotopic (exact) mass is 133 g/mol. The summed E-state index contributed by atoms with van der Waals surface area (Å²) in [5.41, 5.74) is 0.657. The molecule has 0 aliphatic carbocycles. The van der Waals surface area contributed by atoms with Gasteiger partial charge in [-0.15, -0.1) is 6.42 Å². The Bertz CT molecular complexity index is 237. The van der Waals surface area contributed by atoms with Crippen molar-refractivity contribution in [2.45, 2.75) is 6.10 Å². The fourth-order valence-corrected chi connectivity index (χ4v) is 0.634. The van der Waals surface area contributed by atoms with E-state index in [1.165, 1.54) is 0 Å². The zero-order chi connectivity index (χ0) is 7.40. The van der Waals surface area contributed by atoms with Crippen molar-refractivity contribution in [1.82, 2.24) is 4.98 Å². The van der Waals surface area contributed by atoms with Crippen LogP contribution < -0.4 is 0 Å². The molecule has 1 atom stereocenters. The van der Waals surface area contributed by atoms with Gasteiger partial charge >= 0.3 is 0 Å². The van der Waals surface area contributed by atoms with Crippen LogP contribution in [-0.2, 0) is 0 Å². The van der Waals surface area contributed by atoms with Crippen LogP contribution in [0.2, 0.25) is 0 Å². The lowest BCUT2D eigenvalue weighted by Gasteiger charge is -1.99. The number of terminal acetylenes is 1. The van der Waals surface area contributed by atoms with Crippen molar-refractivity contribution in [3.8, 4) is 12.3 Å². The first-order valence-corrected chi connectivity index (χ1v) is 2.88. The van der Waals surface area contributed by atoms with E-state index in [-0.39, 0.29) is 0 Å². The molecule has 0 saturated carbocycles. The van der Waals surface area contributed by atoms with Crippen molar-refractivity contribution in [2.75, 3.05) is 0 Å². The number of hydrogen-bond donors (Lipinski definition) is 1. The second-order valence-electron chi connectivity index (χ2n) is 1.86. The van der Waals surface area contributed by atoms with Crippen molar-refractivity contribution in [3.63, 3.8) is 0 Å². The number of nitrogens with zero attached hydrogens (tertiary/aromatic N) is 1. The van der Waals surface area contributed by atoms with E-state index in [1.54, 1.807) is 24.5 Å². The summed E-state index contributed by atoms with van der Waals surface area (Å²) in [5, 5.41) is 9.05. The smallest absolute Gasteiger partial charge is 0.141 e. The van der Waals surface area contributed by atoms with Crippen molar-refractivity contribution in [2.24, 2.45) is 0 Å². The van der Waals surface area contributed by atoms with E-state index in [0.717, 1.165) is 0 Å². The molecule has 1 aromatic rings. The Morgan fingerprint density at radius 1 is 1.70 bits per heavy atom. The number of hydrogen-bond acceptors (Lipinski definition) is 2. The summed E-state index contributed by atoms with van der Waals surface area (Å²) in [5.74, 6) is 2.20. The Hall–Kier alpha value is -1.33. The van der Waals surface area contributed by atoms with Gasteiger partial charge in [-0.05, 0) is 6.07 Å². The van der Waals surface area contributed by atoms with Gasteiger partial charge in [-0.1, -0.05) is 12.0 Å². The first-order chi connectivity index (χ1) is 4.84. The van der Waals surface area contributed by atoms with Gasteiger partial charge in [0.1, 0.15) is 6.10 Å². The maximum absolute atomic E-state index is 9.05. The van der Waals surface area contributed by atoms with Crippen LogP contribution in [0.25, 0.3) is 0 Å². The quantitative estimate of drug-likeness (QED) is 0.573. The molecule has 2 nitrogen and oxygen atoms in total. The van der Waals surface area contributed by atoms with Gasteiger partial charge in [0.05, 0.1) is 0 Å². The van der Waals surface area contributed by atoms with E-state index in [2.05, 4.69) is 10.9 Å². The van der Waals surface area contributed by atoms with Gasteiger partial charge in [0, 0.05) is 18.0 Å². The second kappa shape index (κ2) is 3.00. The lowest BCUT2D eigenvalue weighted by atomic mass is 10.2. The molecular formula is C8H7NO. The Morgan fingerprint density at radius 3 is 3.00 bits per heavy atom. The van der Waals surface area contributed by atoms with Crippen molar-refractivity contribution in [3.05, 3.63) is 30.1 Å². The Labute approximate surface area is 59.5 Å². The molecule has 0 bridgehead atoms. The minimum Gasteiger partial charge on any atom is -0.376 e. The molecule has 0 aromatic carbocycles. The molecule has 1 N–H and O–H groups in total. The second-order valence-corrected chi connectivity index (χ2v) is 1.86. The molecule has 0 fully saturated rings. The van der Waals surface area contributed by atoms with Gasteiger partial charge < -0.3 is 5.11 Å². The van der Waals surface area contributed by atoms with Crippen LogP contribution in [0.15, 0.2) is 24.5 Å². The summed E-state index contributed by atoms with van der Waals surface area (Å²) in [7, 11) is 0. The third-order valence-electron chi connectivity index (χ3n) is 1.16. The van der Waals surface area contributed by atoms with Crippen molar-refractivity contribution < 1.29 is 5.11 Å². The Balaban J connectivity index is 2.88. The normalized spacial score (nSPS) is 12.0. The molecule has 1 aromatic heterocycles. The Kier molecular flexibility index (Phi) is 2.03. The van der Waals surface area contributed by atoms with E-state index in [9.17, 15) is 0 Å². The maximum atomic E-state index is 9.05. The minimum absolute atomic E-state index is 0.657. The predicted molar refractivity (Wildman–Crippen MR) is 38.0 cm³/mol. The van der Waals surface area contributed by atoms with E-state index in [0.29, 0.717) is 5.56 Å². The van der Waals surface area contributed by atoms with Crippen LogP contribution in [-0.4, -0.2) is 10.1 Å². The lowest BCUT2D eigenvalue weighted by Crippen LogP contribution is -1.92. The summed E-state index contributed by atoms with van der Waals surface area (Å²) in [6.07, 6.45) is 7.33. The SMILES string of the molecule is C#C[C@H](O)c1cccnc1. The zero-order valence-electron chi connectivity index (χ0n) is 5.36. The molecule has 2 heteroatoms. The third kappa shape index (κ3) is 1.34. The topological polar surface area (TPSA) is 33.1 Å². The lowest BCUT2D eigenvalue weighted by molar-refractivity contribution is 0.238. The average molecular weight is 133 g/mol. The van der Waals surface area contributed by atoms with E-state index >= 15 is 0 Å². The average Bonchev–Trinajstić information content (AvgIpc) is 2.05. The molecule has 50 valence electrons. The molecule has 1 rings (SSSR count). The van der Waals surface area contributed by atoms with Crippen LogP contribution in [0.4, 0.5) is 0 Å². The van der Waals surface area contributed by atoms with E-state index < -0.39 is 6.10 Å². The molecule has 0 unspecified atom stereocenters. The third-order valence-corrected chi connectivity index (χ3v) is 1.16. The summed E-state index contributed by atoms with van der Waals surface area (Å²) in [4.78, 5) is 3.80. The maximum Gasteiger partial charge on any atom is 0.141 e. The highest BCUT2D eigenvalue weighted by atomic mass is 16.3. The summed E-state index contributed by atoms with van der Waals surface area (Å²) in [6, 6.07) is 3.47. The fraction of sp³-hybridized carbons (Fsp3) is 0.125. The highest BCUT2D eigenvalue weighted by molar-refractivity contribution is 5.19. The largest absolute Gasteiger partial charge is 0.376 e. The number of aliphatic hydroxyl groups is 1. The first-order valence-electron chi connectivity index (χ1n) is 2.88. The van der Waals surface area contributed by atoms with Crippen LogP contribution in [0, 0.1) is 12.3 Å². The molecule has 0 aliphatic heterocycles. The number of rotatable bonds is 1. The van der Waals surface area contributed by atoms with Gasteiger partial charge in [-0.3, -0.25) is 4.98 Å². The van der Waals surface area contributed by atoms with Crippen LogP contribution >= 0.6 is 0 Å². The Morgan fingerprint density at radius 2 is 2.50 bits per heavy atom. The predicted octanol–water partition coefficient (Wildman–Crippen LogP) is 0.748. The highest BCUT2D eigenvalue weighted by Gasteiger charge is 1.99. The van der Waals surface area contributed by atoms with Gasteiger partial charge in [-0.2, -0.15) is 0 Å². The molecular weight excluding hydrogens is 126 g/mol. The summed E-state index contributed by atoms with van der Waals surface area (Å²) < 4.78 is 0. The van der Waals surface area contributed by atoms with E-state index in [1.807, 2.05) is 0 Å². The number of aliphatic hydroxyl groups excluding tert-OH is 1. The summed E-state index contributed by atoms with van der Waals surface area (Å²) in [6.45, 7) is 0. The van der Waals surface area contributed by atoms with Crippen LogP contribution in [0.5, 0.6) is 0 Å². The van der Waals surface area contributed by atoms with Crippen molar-refractivity contribution in [1.29, 1.82) is 0 Å². The number of aromatic nitrogens is 1. The van der Waals surface area contributed by atoms with Gasteiger partial charge in [0.25, 0.3) is 0 Å². The zero-order valence-corrected chi connectivity index (χ0v) is 5.36. The molecule has 0 aliphatic rings. The molecule has 1 heterocycles. The van der Waals surface area contributed by atoms with E-state index in [4.69, 9.17) is 11.5 Å². The van der Waals surface area contributed by atoms with Gasteiger partial charge in [-0.25, -0.2) is 0 Å². The molecule has 0 amide bonds. The minimum atomic E-state index is -0.825. The molecule has 10 heavy (non-hydrogen) atoms. The van der Waals surface area contributed by atoms with Crippen molar-refractivity contribution >= 4 is 0 Å². The summed E-state index contributed by atoms with van der Waals surface area (Å²) >= 11 is 0. The highest BCUT2D eigenvalue weighted by Crippen LogP contribution is 2.07. The first kappa shape index (κ1) is 6.79. The molecule has 0 radical (unpaired) electrons. The molecule has 0 spiro atoms. The molecule has 0 saturated heterocycles. The number of pyridine rings is 1. The van der Waals surface area contributed by atoms with Crippen LogP contribution in [0.3, 0.4) is 0 Å².